The number of benzene rings is 1. The molecule has 0 aliphatic carbocycles. The highest BCUT2D eigenvalue weighted by Crippen LogP contribution is 2.30. The Kier molecular flexibility index (Phi) is 5.73. The minimum absolute atomic E-state index is 0.00447. The van der Waals surface area contributed by atoms with Gasteiger partial charge in [0, 0.05) is 30.7 Å². The standard InChI is InChI=1S/C19H26N4O5/c1-19(2,3)28-18(25)20-15-9-13-11-23(21-14(13)10-16(15)26-4)12-17(24)22-5-7-27-8-6-22/h9-11H,5-8,12H2,1-4H3,(H,20,25). The average molecular weight is 390 g/mol. The molecule has 2 heterocycles. The number of morpholine rings is 1. The van der Waals surface area contributed by atoms with Crippen LogP contribution in [0.1, 0.15) is 20.8 Å². The van der Waals surface area contributed by atoms with Gasteiger partial charge in [0.25, 0.3) is 0 Å². The van der Waals surface area contributed by atoms with E-state index in [2.05, 4.69) is 10.4 Å². The molecule has 1 aromatic carbocycles. The molecular weight excluding hydrogens is 364 g/mol. The smallest absolute Gasteiger partial charge is 0.412 e. The summed E-state index contributed by atoms with van der Waals surface area (Å²) in [6.07, 6.45) is 1.20. The minimum Gasteiger partial charge on any atom is -0.494 e. The highest BCUT2D eigenvalue weighted by atomic mass is 16.6. The molecular formula is C19H26N4O5. The first-order chi connectivity index (χ1) is 13.2. The summed E-state index contributed by atoms with van der Waals surface area (Å²) >= 11 is 0. The molecule has 0 atom stereocenters. The van der Waals surface area contributed by atoms with Crippen molar-refractivity contribution in [2.45, 2.75) is 32.9 Å². The van der Waals surface area contributed by atoms with E-state index in [-0.39, 0.29) is 12.5 Å². The monoisotopic (exact) mass is 390 g/mol. The van der Waals surface area contributed by atoms with Crippen LogP contribution in [0.2, 0.25) is 0 Å². The highest BCUT2D eigenvalue weighted by Gasteiger charge is 2.20. The van der Waals surface area contributed by atoms with Crippen molar-refractivity contribution in [1.29, 1.82) is 0 Å². The van der Waals surface area contributed by atoms with Gasteiger partial charge >= 0.3 is 6.09 Å². The number of hydrogen-bond acceptors (Lipinski definition) is 6. The molecule has 0 bridgehead atoms. The van der Waals surface area contributed by atoms with Crippen molar-refractivity contribution in [3.63, 3.8) is 0 Å². The number of rotatable bonds is 4. The van der Waals surface area contributed by atoms with Crippen LogP contribution in [-0.2, 0) is 20.8 Å². The van der Waals surface area contributed by atoms with E-state index in [0.29, 0.717) is 43.3 Å². The fourth-order valence-electron chi connectivity index (χ4n) is 2.92. The van der Waals surface area contributed by atoms with Gasteiger partial charge in [0.05, 0.1) is 31.5 Å². The maximum Gasteiger partial charge on any atom is 0.412 e. The van der Waals surface area contributed by atoms with Gasteiger partial charge in [0.15, 0.2) is 0 Å². The van der Waals surface area contributed by atoms with Crippen molar-refractivity contribution in [2.75, 3.05) is 38.7 Å². The lowest BCUT2D eigenvalue weighted by atomic mass is 10.2. The van der Waals surface area contributed by atoms with Gasteiger partial charge in [-0.15, -0.1) is 0 Å². The zero-order chi connectivity index (χ0) is 20.3. The summed E-state index contributed by atoms with van der Waals surface area (Å²) in [7, 11) is 1.51. The number of carbonyl (C=O) groups is 2. The number of methoxy groups -OCH3 is 1. The number of anilines is 1. The number of fused-ring (bicyclic) bond motifs is 1. The molecule has 1 aliphatic heterocycles. The lowest BCUT2D eigenvalue weighted by Crippen LogP contribution is -2.42. The highest BCUT2D eigenvalue weighted by molar-refractivity contribution is 5.93. The Bertz CT molecular complexity index is 865. The molecule has 2 amide bonds. The van der Waals surface area contributed by atoms with Crippen molar-refractivity contribution < 1.29 is 23.8 Å². The number of hydrogen-bond donors (Lipinski definition) is 1. The number of nitrogens with one attached hydrogen (secondary N) is 1. The first-order valence-corrected chi connectivity index (χ1v) is 9.16. The van der Waals surface area contributed by atoms with Gasteiger partial charge in [0.2, 0.25) is 5.91 Å². The number of amides is 2. The van der Waals surface area contributed by atoms with Gasteiger partial charge in [-0.05, 0) is 26.8 Å². The van der Waals surface area contributed by atoms with Crippen LogP contribution >= 0.6 is 0 Å². The molecule has 1 N–H and O–H groups in total. The topological polar surface area (TPSA) is 94.9 Å². The molecule has 1 aromatic heterocycles. The predicted molar refractivity (Wildman–Crippen MR) is 104 cm³/mol. The molecule has 1 saturated heterocycles. The second-order valence-corrected chi connectivity index (χ2v) is 7.56. The van der Waals surface area contributed by atoms with E-state index >= 15 is 0 Å². The number of ether oxygens (including phenoxy) is 3. The number of nitrogens with zero attached hydrogens (tertiary/aromatic N) is 3. The zero-order valence-corrected chi connectivity index (χ0v) is 16.7. The van der Waals surface area contributed by atoms with Crippen molar-refractivity contribution in [3.8, 4) is 5.75 Å². The van der Waals surface area contributed by atoms with Crippen LogP contribution in [0.15, 0.2) is 18.3 Å². The lowest BCUT2D eigenvalue weighted by molar-refractivity contribution is -0.136. The minimum atomic E-state index is -0.605. The summed E-state index contributed by atoms with van der Waals surface area (Å²) < 4.78 is 17.5. The molecule has 0 saturated carbocycles. The van der Waals surface area contributed by atoms with Gasteiger partial charge < -0.3 is 19.1 Å². The summed E-state index contributed by atoms with van der Waals surface area (Å²) in [6.45, 7) is 7.83. The third-order valence-corrected chi connectivity index (χ3v) is 4.17. The average Bonchev–Trinajstić information content (AvgIpc) is 3.01. The van der Waals surface area contributed by atoms with E-state index in [1.165, 1.54) is 7.11 Å². The Morgan fingerprint density at radius 3 is 2.61 bits per heavy atom. The fraction of sp³-hybridized carbons (Fsp3) is 0.526. The van der Waals surface area contributed by atoms with E-state index in [4.69, 9.17) is 14.2 Å². The summed E-state index contributed by atoms with van der Waals surface area (Å²) in [5.74, 6) is 0.457. The van der Waals surface area contributed by atoms with Crippen LogP contribution in [0.5, 0.6) is 5.75 Å². The molecule has 28 heavy (non-hydrogen) atoms. The predicted octanol–water partition coefficient (Wildman–Crippen LogP) is 2.25. The van der Waals surface area contributed by atoms with Gasteiger partial charge in [-0.1, -0.05) is 0 Å². The van der Waals surface area contributed by atoms with Crippen LogP contribution < -0.4 is 10.1 Å². The van der Waals surface area contributed by atoms with E-state index < -0.39 is 11.7 Å². The van der Waals surface area contributed by atoms with E-state index in [1.807, 2.05) is 0 Å². The van der Waals surface area contributed by atoms with Crippen LogP contribution in [-0.4, -0.2) is 65.7 Å². The van der Waals surface area contributed by atoms with Gasteiger partial charge in [-0.3, -0.25) is 14.8 Å². The van der Waals surface area contributed by atoms with Gasteiger partial charge in [0.1, 0.15) is 17.9 Å². The largest absolute Gasteiger partial charge is 0.494 e. The number of aromatic nitrogens is 2. The second kappa shape index (κ2) is 8.05. The fourth-order valence-corrected chi connectivity index (χ4v) is 2.92. The Morgan fingerprint density at radius 2 is 1.96 bits per heavy atom. The van der Waals surface area contributed by atoms with Gasteiger partial charge in [-0.2, -0.15) is 5.10 Å². The van der Waals surface area contributed by atoms with Crippen molar-refractivity contribution in [1.82, 2.24) is 14.7 Å². The summed E-state index contributed by atoms with van der Waals surface area (Å²) in [6, 6.07) is 3.47. The summed E-state index contributed by atoms with van der Waals surface area (Å²) in [4.78, 5) is 26.3. The molecule has 152 valence electrons. The molecule has 9 heteroatoms. The van der Waals surface area contributed by atoms with Crippen LogP contribution in [0.4, 0.5) is 10.5 Å². The third-order valence-electron chi connectivity index (χ3n) is 4.17. The Labute approximate surface area is 163 Å². The summed E-state index contributed by atoms with van der Waals surface area (Å²) in [5, 5.41) is 7.93. The molecule has 1 aliphatic rings. The molecule has 0 spiro atoms. The SMILES string of the molecule is COc1cc2nn(CC(=O)N3CCOCC3)cc2cc1NC(=O)OC(C)(C)C. The van der Waals surface area contributed by atoms with Gasteiger partial charge in [-0.25, -0.2) is 4.79 Å². The van der Waals surface area contributed by atoms with Crippen LogP contribution in [0, 0.1) is 0 Å². The van der Waals surface area contributed by atoms with E-state index in [1.54, 1.807) is 48.7 Å². The Balaban J connectivity index is 1.77. The Morgan fingerprint density at radius 1 is 1.25 bits per heavy atom. The number of carbonyl (C=O) groups excluding carboxylic acids is 2. The normalized spacial score (nSPS) is 14.8. The van der Waals surface area contributed by atoms with Crippen LogP contribution in [0.3, 0.4) is 0 Å². The quantitative estimate of drug-likeness (QED) is 0.860. The molecule has 0 radical (unpaired) electrons. The third kappa shape index (κ3) is 4.92. The zero-order valence-electron chi connectivity index (χ0n) is 16.7. The summed E-state index contributed by atoms with van der Waals surface area (Å²) in [5.41, 5.74) is 0.538. The van der Waals surface area contributed by atoms with Crippen molar-refractivity contribution >= 4 is 28.6 Å². The van der Waals surface area contributed by atoms with E-state index in [0.717, 1.165) is 5.39 Å². The molecule has 1 fully saturated rings. The van der Waals surface area contributed by atoms with Crippen LogP contribution in [0.25, 0.3) is 10.9 Å². The second-order valence-electron chi connectivity index (χ2n) is 7.56. The van der Waals surface area contributed by atoms with Crippen molar-refractivity contribution in [3.05, 3.63) is 18.3 Å². The molecule has 2 aromatic rings. The first-order valence-electron chi connectivity index (χ1n) is 9.16. The maximum atomic E-state index is 12.4. The maximum absolute atomic E-state index is 12.4. The van der Waals surface area contributed by atoms with Crippen molar-refractivity contribution in [2.24, 2.45) is 0 Å². The molecule has 9 nitrogen and oxygen atoms in total. The lowest BCUT2D eigenvalue weighted by Gasteiger charge is -2.26. The first kappa shape index (κ1) is 19.9. The molecule has 3 rings (SSSR count). The van der Waals surface area contributed by atoms with E-state index in [9.17, 15) is 9.59 Å². The molecule has 0 unspecified atom stereocenters. The Hall–Kier alpha value is -2.81.